The summed E-state index contributed by atoms with van der Waals surface area (Å²) < 4.78 is 6.96. The van der Waals surface area contributed by atoms with Crippen LogP contribution in [-0.4, -0.2) is 33.7 Å². The maximum atomic E-state index is 13.1. The van der Waals surface area contributed by atoms with Gasteiger partial charge in [-0.05, 0) is 31.5 Å². The van der Waals surface area contributed by atoms with Gasteiger partial charge in [-0.3, -0.25) is 4.79 Å². The Morgan fingerprint density at radius 1 is 1.03 bits per heavy atom. The number of amides is 1. The third-order valence-electron chi connectivity index (χ3n) is 5.08. The molecule has 0 aliphatic carbocycles. The first-order valence-corrected chi connectivity index (χ1v) is 10.0. The molecule has 0 bridgehead atoms. The number of hydrogen-bond acceptors (Lipinski definition) is 4. The van der Waals surface area contributed by atoms with Gasteiger partial charge in [-0.15, -0.1) is 0 Å². The lowest BCUT2D eigenvalue weighted by atomic mass is 10.1. The van der Waals surface area contributed by atoms with Crippen molar-refractivity contribution in [3.63, 3.8) is 0 Å². The van der Waals surface area contributed by atoms with Crippen molar-refractivity contribution in [2.24, 2.45) is 0 Å². The van der Waals surface area contributed by atoms with Crippen LogP contribution in [0, 0.1) is 0 Å². The molecule has 4 rings (SSSR count). The van der Waals surface area contributed by atoms with E-state index in [1.54, 1.807) is 17.7 Å². The molecule has 0 saturated heterocycles. The first-order chi connectivity index (χ1) is 14.6. The maximum Gasteiger partial charge on any atom is 0.270 e. The van der Waals surface area contributed by atoms with Crippen LogP contribution in [0.25, 0.3) is 28.2 Å². The van der Waals surface area contributed by atoms with E-state index in [1.807, 2.05) is 74.5 Å². The first-order valence-electron chi connectivity index (χ1n) is 10.0. The molecule has 6 heteroatoms. The fraction of sp³-hybridized carbons (Fsp3) is 0.208. The monoisotopic (exact) mass is 400 g/mol. The quantitative estimate of drug-likeness (QED) is 0.514. The molecule has 0 fully saturated rings. The number of methoxy groups -OCH3 is 1. The Labute approximate surface area is 175 Å². The number of benzene rings is 2. The lowest BCUT2D eigenvalue weighted by Crippen LogP contribution is -2.33. The zero-order chi connectivity index (χ0) is 21.1. The van der Waals surface area contributed by atoms with Gasteiger partial charge in [0.05, 0.1) is 18.5 Å². The van der Waals surface area contributed by atoms with E-state index < -0.39 is 0 Å². The SMILES string of the molecule is CC[C@H](C)NC(=O)c1cc(-c2cccc(OC)c2)nc2cc(-c3ccccc3)nn12. The lowest BCUT2D eigenvalue weighted by molar-refractivity contribution is 0.0931. The predicted octanol–water partition coefficient (Wildman–Crippen LogP) is 4.60. The summed E-state index contributed by atoms with van der Waals surface area (Å²) in [7, 11) is 1.63. The first kappa shape index (κ1) is 19.6. The van der Waals surface area contributed by atoms with Crippen LogP contribution in [0.3, 0.4) is 0 Å². The minimum Gasteiger partial charge on any atom is -0.497 e. The molecule has 0 aliphatic heterocycles. The van der Waals surface area contributed by atoms with Crippen LogP contribution in [0.1, 0.15) is 30.8 Å². The van der Waals surface area contributed by atoms with Gasteiger partial charge in [0.25, 0.3) is 5.91 Å². The third-order valence-corrected chi connectivity index (χ3v) is 5.08. The van der Waals surface area contributed by atoms with Gasteiger partial charge in [0, 0.05) is 23.2 Å². The highest BCUT2D eigenvalue weighted by molar-refractivity contribution is 5.94. The number of fused-ring (bicyclic) bond motifs is 1. The summed E-state index contributed by atoms with van der Waals surface area (Å²) in [5, 5.41) is 7.71. The van der Waals surface area contributed by atoms with Gasteiger partial charge in [-0.25, -0.2) is 9.50 Å². The van der Waals surface area contributed by atoms with Crippen molar-refractivity contribution in [2.75, 3.05) is 7.11 Å². The number of nitrogens with one attached hydrogen (secondary N) is 1. The molecule has 2 heterocycles. The fourth-order valence-corrected chi connectivity index (χ4v) is 3.22. The van der Waals surface area contributed by atoms with Crippen molar-refractivity contribution in [2.45, 2.75) is 26.3 Å². The van der Waals surface area contributed by atoms with E-state index in [0.717, 1.165) is 29.0 Å². The van der Waals surface area contributed by atoms with Crippen LogP contribution < -0.4 is 10.1 Å². The smallest absolute Gasteiger partial charge is 0.270 e. The minimum absolute atomic E-state index is 0.0603. The van der Waals surface area contributed by atoms with Crippen molar-refractivity contribution in [1.82, 2.24) is 19.9 Å². The molecule has 2 aromatic carbocycles. The van der Waals surface area contributed by atoms with Gasteiger partial charge in [0.1, 0.15) is 11.4 Å². The zero-order valence-electron chi connectivity index (χ0n) is 17.3. The summed E-state index contributed by atoms with van der Waals surface area (Å²) in [6.45, 7) is 4.02. The van der Waals surface area contributed by atoms with Gasteiger partial charge in [0.15, 0.2) is 5.65 Å². The normalized spacial score (nSPS) is 12.0. The summed E-state index contributed by atoms with van der Waals surface area (Å²) in [6, 6.07) is 21.3. The molecule has 1 N–H and O–H groups in total. The fourth-order valence-electron chi connectivity index (χ4n) is 3.22. The molecule has 0 unspecified atom stereocenters. The molecule has 2 aromatic heterocycles. The summed E-state index contributed by atoms with van der Waals surface area (Å²) in [6.07, 6.45) is 0.844. The maximum absolute atomic E-state index is 13.1. The second kappa shape index (κ2) is 8.37. The number of carbonyl (C=O) groups excluding carboxylic acids is 1. The molecular formula is C24H24N4O2. The Bertz CT molecular complexity index is 1180. The highest BCUT2D eigenvalue weighted by atomic mass is 16.5. The van der Waals surface area contributed by atoms with E-state index in [9.17, 15) is 4.79 Å². The molecule has 1 atom stereocenters. The molecule has 0 radical (unpaired) electrons. The van der Waals surface area contributed by atoms with Crippen LogP contribution >= 0.6 is 0 Å². The van der Waals surface area contributed by atoms with Gasteiger partial charge in [0.2, 0.25) is 0 Å². The van der Waals surface area contributed by atoms with Crippen LogP contribution in [-0.2, 0) is 0 Å². The number of rotatable bonds is 6. The molecule has 1 amide bonds. The van der Waals surface area contributed by atoms with Gasteiger partial charge >= 0.3 is 0 Å². The summed E-state index contributed by atoms with van der Waals surface area (Å²) in [4.78, 5) is 17.8. The Morgan fingerprint density at radius 2 is 1.80 bits per heavy atom. The van der Waals surface area contributed by atoms with E-state index in [2.05, 4.69) is 10.4 Å². The molecule has 30 heavy (non-hydrogen) atoms. The van der Waals surface area contributed by atoms with Crippen LogP contribution in [0.2, 0.25) is 0 Å². The molecule has 0 spiro atoms. The standard InChI is InChI=1S/C24H24N4O2/c1-4-16(2)25-24(29)22-14-20(18-11-8-12-19(13-18)30-3)26-23-15-21(27-28(22)23)17-9-6-5-7-10-17/h5-16H,4H2,1-3H3,(H,25,29)/t16-/m0/s1. The number of aromatic nitrogens is 3. The topological polar surface area (TPSA) is 68.5 Å². The number of ether oxygens (including phenoxy) is 1. The zero-order valence-corrected chi connectivity index (χ0v) is 17.3. The lowest BCUT2D eigenvalue weighted by Gasteiger charge is -2.13. The van der Waals surface area contributed by atoms with Crippen LogP contribution in [0.4, 0.5) is 0 Å². The van der Waals surface area contributed by atoms with E-state index in [4.69, 9.17) is 9.72 Å². The largest absolute Gasteiger partial charge is 0.497 e. The van der Waals surface area contributed by atoms with Gasteiger partial charge < -0.3 is 10.1 Å². The Morgan fingerprint density at radius 3 is 2.53 bits per heavy atom. The second-order valence-electron chi connectivity index (χ2n) is 7.21. The van der Waals surface area contributed by atoms with Gasteiger partial charge in [-0.2, -0.15) is 5.10 Å². The van der Waals surface area contributed by atoms with E-state index in [-0.39, 0.29) is 11.9 Å². The summed E-state index contributed by atoms with van der Waals surface area (Å²) in [5.74, 6) is 0.557. The van der Waals surface area contributed by atoms with E-state index in [1.165, 1.54) is 0 Å². The highest BCUT2D eigenvalue weighted by Gasteiger charge is 2.18. The van der Waals surface area contributed by atoms with Gasteiger partial charge in [-0.1, -0.05) is 49.4 Å². The number of carbonyl (C=O) groups is 1. The Kier molecular flexibility index (Phi) is 5.48. The molecule has 152 valence electrons. The highest BCUT2D eigenvalue weighted by Crippen LogP contribution is 2.26. The van der Waals surface area contributed by atoms with Crippen molar-refractivity contribution in [1.29, 1.82) is 0 Å². The molecule has 0 saturated carbocycles. The summed E-state index contributed by atoms with van der Waals surface area (Å²) >= 11 is 0. The van der Waals surface area contributed by atoms with E-state index in [0.29, 0.717) is 17.0 Å². The second-order valence-corrected chi connectivity index (χ2v) is 7.21. The Balaban J connectivity index is 1.88. The van der Waals surface area contributed by atoms with Crippen LogP contribution in [0.5, 0.6) is 5.75 Å². The number of nitrogens with zero attached hydrogens (tertiary/aromatic N) is 3. The average molecular weight is 400 g/mol. The summed E-state index contributed by atoms with van der Waals surface area (Å²) in [5.41, 5.74) is 4.36. The van der Waals surface area contributed by atoms with Crippen molar-refractivity contribution < 1.29 is 9.53 Å². The van der Waals surface area contributed by atoms with Crippen LogP contribution in [0.15, 0.2) is 66.7 Å². The molecule has 4 aromatic rings. The van der Waals surface area contributed by atoms with Crippen molar-refractivity contribution in [3.8, 4) is 28.3 Å². The minimum atomic E-state index is -0.177. The average Bonchev–Trinajstić information content (AvgIpc) is 3.23. The Hall–Kier alpha value is -3.67. The predicted molar refractivity (Wildman–Crippen MR) is 118 cm³/mol. The molecule has 0 aliphatic rings. The van der Waals surface area contributed by atoms with Crippen molar-refractivity contribution >= 4 is 11.6 Å². The molecule has 6 nitrogen and oxygen atoms in total. The van der Waals surface area contributed by atoms with E-state index >= 15 is 0 Å². The van der Waals surface area contributed by atoms with Crippen molar-refractivity contribution in [3.05, 3.63) is 72.4 Å². The third kappa shape index (κ3) is 3.89. The number of hydrogen-bond donors (Lipinski definition) is 1. The molecular weight excluding hydrogens is 376 g/mol.